The molecular weight excluding hydrogens is 242 g/mol. The Balaban J connectivity index is 2.62. The van der Waals surface area contributed by atoms with Crippen molar-refractivity contribution in [2.24, 2.45) is 5.92 Å². The highest BCUT2D eigenvalue weighted by molar-refractivity contribution is 5.98. The molecule has 0 saturated carbocycles. The number of hydrogen-bond donors (Lipinski definition) is 2. The second-order valence-electron chi connectivity index (χ2n) is 4.69. The van der Waals surface area contributed by atoms with Crippen LogP contribution in [0.3, 0.4) is 0 Å². The molecule has 104 valence electrons. The topological polar surface area (TPSA) is 66.4 Å². The number of carboxylic acid groups (broad SMARTS) is 1. The molecule has 0 saturated heterocycles. The Bertz CT molecular complexity index is 448. The fraction of sp³-hybridized carbons (Fsp3) is 0.467. The third-order valence-corrected chi connectivity index (χ3v) is 3.25. The number of rotatable bonds is 7. The van der Waals surface area contributed by atoms with Crippen LogP contribution in [0.25, 0.3) is 0 Å². The highest BCUT2D eigenvalue weighted by Gasteiger charge is 2.23. The number of para-hydroxylation sites is 1. The summed E-state index contributed by atoms with van der Waals surface area (Å²) in [5.41, 5.74) is 3.26. The van der Waals surface area contributed by atoms with Gasteiger partial charge in [0.2, 0.25) is 0 Å². The van der Waals surface area contributed by atoms with Gasteiger partial charge >= 0.3 is 5.97 Å². The van der Waals surface area contributed by atoms with E-state index in [1.165, 1.54) is 0 Å². The number of aliphatic carboxylic acids is 1. The molecule has 1 atom stereocenters. The van der Waals surface area contributed by atoms with Gasteiger partial charge < -0.3 is 10.4 Å². The van der Waals surface area contributed by atoms with Gasteiger partial charge in [-0.05, 0) is 31.4 Å². The molecule has 0 amide bonds. The minimum Gasteiger partial charge on any atom is -0.481 e. The van der Waals surface area contributed by atoms with Crippen molar-refractivity contribution in [3.05, 3.63) is 29.3 Å². The molecule has 0 aromatic heterocycles. The van der Waals surface area contributed by atoms with E-state index in [0.717, 1.165) is 16.8 Å². The molecule has 0 spiro atoms. The lowest BCUT2D eigenvalue weighted by Crippen LogP contribution is -2.25. The summed E-state index contributed by atoms with van der Waals surface area (Å²) in [5, 5.41) is 12.3. The summed E-state index contributed by atoms with van der Waals surface area (Å²) in [5.74, 6) is -2.15. The molecule has 4 nitrogen and oxygen atoms in total. The quantitative estimate of drug-likeness (QED) is 0.742. The van der Waals surface area contributed by atoms with Crippen LogP contribution in [0.4, 0.5) is 5.69 Å². The monoisotopic (exact) mass is 263 g/mol. The predicted octanol–water partition coefficient (Wildman–Crippen LogP) is 2.79. The zero-order valence-corrected chi connectivity index (χ0v) is 11.7. The van der Waals surface area contributed by atoms with Gasteiger partial charge in [0, 0.05) is 18.7 Å². The van der Waals surface area contributed by atoms with Crippen LogP contribution in [-0.2, 0) is 9.59 Å². The Labute approximate surface area is 113 Å². The molecular formula is C15H21NO3. The van der Waals surface area contributed by atoms with Crippen LogP contribution in [0, 0.1) is 19.8 Å². The van der Waals surface area contributed by atoms with E-state index in [4.69, 9.17) is 5.11 Å². The molecule has 0 bridgehead atoms. The Morgan fingerprint density at radius 2 is 1.84 bits per heavy atom. The number of ketones is 1. The van der Waals surface area contributed by atoms with Crippen LogP contribution in [0.2, 0.25) is 0 Å². The molecule has 1 aromatic rings. The van der Waals surface area contributed by atoms with Crippen molar-refractivity contribution in [1.29, 1.82) is 0 Å². The molecule has 1 rings (SSSR count). The number of Topliss-reactive ketones (excluding diaryl/α,β-unsaturated/α-hetero) is 1. The Morgan fingerprint density at radius 1 is 1.26 bits per heavy atom. The number of carbonyl (C=O) groups is 2. The van der Waals surface area contributed by atoms with Crippen molar-refractivity contribution in [3.63, 3.8) is 0 Å². The van der Waals surface area contributed by atoms with Gasteiger partial charge in [0.25, 0.3) is 0 Å². The molecule has 19 heavy (non-hydrogen) atoms. The molecule has 0 radical (unpaired) electrons. The van der Waals surface area contributed by atoms with Gasteiger partial charge in [-0.2, -0.15) is 0 Å². The molecule has 1 unspecified atom stereocenters. The summed E-state index contributed by atoms with van der Waals surface area (Å²) in [6.45, 7) is 6.17. The first-order valence-corrected chi connectivity index (χ1v) is 6.53. The lowest BCUT2D eigenvalue weighted by Gasteiger charge is -2.15. The van der Waals surface area contributed by atoms with Gasteiger partial charge in [-0.1, -0.05) is 25.1 Å². The fourth-order valence-electron chi connectivity index (χ4n) is 2.10. The minimum atomic E-state index is -1.03. The maximum absolute atomic E-state index is 11.5. The Morgan fingerprint density at radius 3 is 2.32 bits per heavy atom. The van der Waals surface area contributed by atoms with E-state index < -0.39 is 11.9 Å². The number of carboxylic acids is 1. The van der Waals surface area contributed by atoms with Crippen molar-refractivity contribution >= 4 is 17.4 Å². The summed E-state index contributed by atoms with van der Waals surface area (Å²) < 4.78 is 0. The van der Waals surface area contributed by atoms with Crippen LogP contribution < -0.4 is 5.32 Å². The van der Waals surface area contributed by atoms with Crippen molar-refractivity contribution in [2.45, 2.75) is 33.6 Å². The molecule has 0 aliphatic heterocycles. The summed E-state index contributed by atoms with van der Waals surface area (Å²) >= 11 is 0. The van der Waals surface area contributed by atoms with Crippen LogP contribution in [0.1, 0.15) is 30.9 Å². The molecule has 0 aliphatic carbocycles. The average molecular weight is 263 g/mol. The third kappa shape index (κ3) is 4.09. The minimum absolute atomic E-state index is 0.212. The first kappa shape index (κ1) is 15.2. The van der Waals surface area contributed by atoms with E-state index >= 15 is 0 Å². The van der Waals surface area contributed by atoms with Gasteiger partial charge in [0.05, 0.1) is 0 Å². The van der Waals surface area contributed by atoms with Gasteiger partial charge in [0.15, 0.2) is 0 Å². The Hall–Kier alpha value is -1.84. The van der Waals surface area contributed by atoms with Gasteiger partial charge in [-0.25, -0.2) is 0 Å². The second kappa shape index (κ2) is 6.92. The van der Waals surface area contributed by atoms with E-state index in [-0.39, 0.29) is 12.2 Å². The fourth-order valence-corrected chi connectivity index (χ4v) is 2.10. The van der Waals surface area contributed by atoms with E-state index in [1.54, 1.807) is 6.92 Å². The molecule has 0 heterocycles. The number of hydrogen-bond acceptors (Lipinski definition) is 3. The number of benzene rings is 1. The first-order chi connectivity index (χ1) is 8.97. The number of aryl methyl sites for hydroxylation is 2. The summed E-state index contributed by atoms with van der Waals surface area (Å²) in [4.78, 5) is 22.5. The number of anilines is 1. The third-order valence-electron chi connectivity index (χ3n) is 3.25. The number of carbonyl (C=O) groups excluding carboxylic acids is 1. The molecule has 0 aliphatic rings. The van der Waals surface area contributed by atoms with Crippen LogP contribution in [0.5, 0.6) is 0 Å². The standard InChI is InChI=1S/C15H21NO3/c1-4-13(17)12(15(18)19)8-9-16-14-10(2)6-5-7-11(14)3/h5-7,12,16H,4,8-9H2,1-3H3,(H,18,19). The van der Waals surface area contributed by atoms with Crippen molar-refractivity contribution in [3.8, 4) is 0 Å². The maximum Gasteiger partial charge on any atom is 0.314 e. The van der Waals surface area contributed by atoms with E-state index in [0.29, 0.717) is 13.0 Å². The predicted molar refractivity (Wildman–Crippen MR) is 75.4 cm³/mol. The average Bonchev–Trinajstić information content (AvgIpc) is 2.36. The summed E-state index contributed by atoms with van der Waals surface area (Å²) in [7, 11) is 0. The molecule has 2 N–H and O–H groups in total. The van der Waals surface area contributed by atoms with Gasteiger partial charge in [-0.3, -0.25) is 9.59 Å². The van der Waals surface area contributed by atoms with Crippen molar-refractivity contribution in [1.82, 2.24) is 0 Å². The van der Waals surface area contributed by atoms with Crippen LogP contribution in [0.15, 0.2) is 18.2 Å². The maximum atomic E-state index is 11.5. The lowest BCUT2D eigenvalue weighted by atomic mass is 9.98. The molecule has 1 aromatic carbocycles. The normalized spacial score (nSPS) is 11.9. The highest BCUT2D eigenvalue weighted by atomic mass is 16.4. The Kier molecular flexibility index (Phi) is 5.55. The van der Waals surface area contributed by atoms with Crippen molar-refractivity contribution in [2.75, 3.05) is 11.9 Å². The largest absolute Gasteiger partial charge is 0.481 e. The zero-order valence-electron chi connectivity index (χ0n) is 11.7. The second-order valence-corrected chi connectivity index (χ2v) is 4.69. The first-order valence-electron chi connectivity index (χ1n) is 6.53. The van der Waals surface area contributed by atoms with E-state index in [2.05, 4.69) is 5.32 Å². The lowest BCUT2D eigenvalue weighted by molar-refractivity contribution is -0.146. The SMILES string of the molecule is CCC(=O)C(CCNc1c(C)cccc1C)C(=O)O. The van der Waals surface area contributed by atoms with Gasteiger partial charge in [-0.15, -0.1) is 0 Å². The van der Waals surface area contributed by atoms with E-state index in [1.807, 2.05) is 32.0 Å². The molecule has 4 heteroatoms. The van der Waals surface area contributed by atoms with Crippen LogP contribution >= 0.6 is 0 Å². The van der Waals surface area contributed by atoms with Crippen LogP contribution in [-0.4, -0.2) is 23.4 Å². The molecule has 0 fully saturated rings. The van der Waals surface area contributed by atoms with Crippen molar-refractivity contribution < 1.29 is 14.7 Å². The van der Waals surface area contributed by atoms with E-state index in [9.17, 15) is 9.59 Å². The highest BCUT2D eigenvalue weighted by Crippen LogP contribution is 2.19. The smallest absolute Gasteiger partial charge is 0.314 e. The zero-order chi connectivity index (χ0) is 14.4. The van der Waals surface area contributed by atoms with Gasteiger partial charge in [0.1, 0.15) is 11.7 Å². The summed E-state index contributed by atoms with van der Waals surface area (Å²) in [6.07, 6.45) is 0.580. The number of nitrogens with one attached hydrogen (secondary N) is 1. The summed E-state index contributed by atoms with van der Waals surface area (Å²) in [6, 6.07) is 5.99.